The van der Waals surface area contributed by atoms with Gasteiger partial charge in [-0.05, 0) is 29.8 Å². The van der Waals surface area contributed by atoms with Crippen molar-refractivity contribution in [3.05, 3.63) is 53.7 Å². The monoisotopic (exact) mass is 462 g/mol. The third-order valence-electron chi connectivity index (χ3n) is 5.20. The number of nitrogens with one attached hydrogen (secondary N) is 3. The lowest BCUT2D eigenvalue weighted by Gasteiger charge is -2.15. The van der Waals surface area contributed by atoms with Gasteiger partial charge in [-0.1, -0.05) is 12.1 Å². The molecule has 0 unspecified atom stereocenters. The average Bonchev–Trinajstić information content (AvgIpc) is 3.42. The minimum Gasteiger partial charge on any atom is -0.493 e. The van der Waals surface area contributed by atoms with Crippen molar-refractivity contribution in [2.24, 2.45) is 0 Å². The first-order valence-corrected chi connectivity index (χ1v) is 10.1. The van der Waals surface area contributed by atoms with E-state index in [0.29, 0.717) is 45.5 Å². The summed E-state index contributed by atoms with van der Waals surface area (Å²) >= 11 is 0. The van der Waals surface area contributed by atoms with Gasteiger partial charge in [0.2, 0.25) is 5.75 Å². The lowest BCUT2D eigenvalue weighted by atomic mass is 10.1. The summed E-state index contributed by atoms with van der Waals surface area (Å²) in [6.45, 7) is 0.200. The molecule has 34 heavy (non-hydrogen) atoms. The third-order valence-corrected chi connectivity index (χ3v) is 5.20. The van der Waals surface area contributed by atoms with E-state index in [9.17, 15) is 10.1 Å². The van der Waals surface area contributed by atoms with Crippen LogP contribution in [0.25, 0.3) is 16.9 Å². The zero-order chi connectivity index (χ0) is 24.2. The largest absolute Gasteiger partial charge is 0.493 e. The molecule has 0 fully saturated rings. The molecule has 0 aliphatic carbocycles. The Hall–Kier alpha value is -4.85. The van der Waals surface area contributed by atoms with Crippen LogP contribution in [0.5, 0.6) is 17.2 Å². The Morgan fingerprint density at radius 3 is 2.38 bits per heavy atom. The molecule has 0 aliphatic rings. The molecule has 0 atom stereocenters. The highest BCUT2D eigenvalue weighted by molar-refractivity contribution is 5.83. The molecule has 2 aromatic carbocycles. The Morgan fingerprint density at radius 2 is 1.82 bits per heavy atom. The molecule has 0 saturated carbocycles. The SMILES string of the molecule is COc1cc(-c2[nH]c3c(C#N)cnn3c2Nc2ccc(CNC(=O)O)cc2)cc(OC)c1OC. The summed E-state index contributed by atoms with van der Waals surface area (Å²) in [6, 6.07) is 13.0. The molecule has 11 heteroatoms. The molecule has 11 nitrogen and oxygen atoms in total. The topological polar surface area (TPSA) is 146 Å². The van der Waals surface area contributed by atoms with E-state index in [1.807, 2.05) is 24.3 Å². The van der Waals surface area contributed by atoms with Gasteiger partial charge in [0.15, 0.2) is 23.0 Å². The standard InChI is InChI=1S/C23H22N6O5/c1-32-17-8-14(9-18(33-2)20(17)34-3)19-22(29-21(28-19)15(10-24)12-26-29)27-16-6-4-13(5-7-16)11-25-23(30)31/h4-9,12,25,27-28H,11H2,1-3H3,(H,30,31). The Morgan fingerprint density at radius 1 is 1.15 bits per heavy atom. The fourth-order valence-electron chi connectivity index (χ4n) is 3.57. The molecule has 0 radical (unpaired) electrons. The minimum absolute atomic E-state index is 0.200. The number of aromatic amines is 1. The van der Waals surface area contributed by atoms with Crippen LogP contribution in [0.1, 0.15) is 11.1 Å². The maximum absolute atomic E-state index is 10.7. The number of rotatable bonds is 8. The van der Waals surface area contributed by atoms with E-state index < -0.39 is 6.09 Å². The van der Waals surface area contributed by atoms with Crippen LogP contribution in [0.2, 0.25) is 0 Å². The first kappa shape index (κ1) is 22.3. The molecule has 4 rings (SSSR count). The molecule has 174 valence electrons. The summed E-state index contributed by atoms with van der Waals surface area (Å²) in [4.78, 5) is 14.0. The second-order valence-corrected chi connectivity index (χ2v) is 7.17. The number of benzene rings is 2. The van der Waals surface area contributed by atoms with Crippen LogP contribution >= 0.6 is 0 Å². The number of ether oxygens (including phenoxy) is 3. The maximum atomic E-state index is 10.7. The van der Waals surface area contributed by atoms with Gasteiger partial charge in [0, 0.05) is 17.8 Å². The van der Waals surface area contributed by atoms with Crippen molar-refractivity contribution in [2.75, 3.05) is 26.6 Å². The minimum atomic E-state index is -1.08. The van der Waals surface area contributed by atoms with Gasteiger partial charge in [0.05, 0.1) is 33.2 Å². The number of nitriles is 1. The van der Waals surface area contributed by atoms with Crippen molar-refractivity contribution >= 4 is 23.2 Å². The number of imidazole rings is 1. The predicted octanol–water partition coefficient (Wildman–Crippen LogP) is 3.74. The van der Waals surface area contributed by atoms with E-state index in [0.717, 1.165) is 11.3 Å². The number of hydrogen-bond donors (Lipinski definition) is 4. The van der Waals surface area contributed by atoms with E-state index in [1.165, 1.54) is 27.5 Å². The first-order chi connectivity index (χ1) is 16.5. The second kappa shape index (κ2) is 9.33. The Kier molecular flexibility index (Phi) is 6.13. The Bertz CT molecular complexity index is 1360. The van der Waals surface area contributed by atoms with Crippen molar-refractivity contribution < 1.29 is 24.1 Å². The summed E-state index contributed by atoms with van der Waals surface area (Å²) in [6.07, 6.45) is 0.398. The van der Waals surface area contributed by atoms with Gasteiger partial charge < -0.3 is 34.9 Å². The summed E-state index contributed by atoms with van der Waals surface area (Å²) in [7, 11) is 4.61. The van der Waals surface area contributed by atoms with Gasteiger partial charge in [0.25, 0.3) is 0 Å². The number of aromatic nitrogens is 3. The van der Waals surface area contributed by atoms with Gasteiger partial charge in [-0.3, -0.25) is 0 Å². The highest BCUT2D eigenvalue weighted by Crippen LogP contribution is 2.43. The molecule has 0 spiro atoms. The maximum Gasteiger partial charge on any atom is 0.404 e. The van der Waals surface area contributed by atoms with E-state index in [4.69, 9.17) is 19.3 Å². The Balaban J connectivity index is 1.79. The van der Waals surface area contributed by atoms with Crippen molar-refractivity contribution in [3.8, 4) is 34.6 Å². The van der Waals surface area contributed by atoms with E-state index in [1.54, 1.807) is 16.6 Å². The average molecular weight is 462 g/mol. The summed E-state index contributed by atoms with van der Waals surface area (Å²) in [5, 5.41) is 28.3. The molecular formula is C23H22N6O5. The summed E-state index contributed by atoms with van der Waals surface area (Å²) in [5.41, 5.74) is 3.82. The van der Waals surface area contributed by atoms with E-state index >= 15 is 0 Å². The molecular weight excluding hydrogens is 440 g/mol. The van der Waals surface area contributed by atoms with Crippen LogP contribution in [0.4, 0.5) is 16.3 Å². The van der Waals surface area contributed by atoms with Crippen molar-refractivity contribution in [2.45, 2.75) is 6.54 Å². The number of hydrogen-bond acceptors (Lipinski definition) is 7. The summed E-state index contributed by atoms with van der Waals surface area (Å²) < 4.78 is 18.0. The van der Waals surface area contributed by atoms with Gasteiger partial charge in [-0.25, -0.2) is 4.79 Å². The number of nitrogens with zero attached hydrogens (tertiary/aromatic N) is 3. The van der Waals surface area contributed by atoms with Crippen LogP contribution in [0.3, 0.4) is 0 Å². The van der Waals surface area contributed by atoms with E-state index in [2.05, 4.69) is 26.8 Å². The molecule has 0 saturated heterocycles. The van der Waals surface area contributed by atoms with Crippen molar-refractivity contribution in [1.82, 2.24) is 19.9 Å². The lowest BCUT2D eigenvalue weighted by Crippen LogP contribution is -2.19. The van der Waals surface area contributed by atoms with Gasteiger partial charge in [-0.15, -0.1) is 0 Å². The van der Waals surface area contributed by atoms with Crippen molar-refractivity contribution in [1.29, 1.82) is 5.26 Å². The highest BCUT2D eigenvalue weighted by Gasteiger charge is 2.21. The van der Waals surface area contributed by atoms with Crippen LogP contribution < -0.4 is 24.8 Å². The van der Waals surface area contributed by atoms with Crippen LogP contribution in [0, 0.1) is 11.3 Å². The molecule has 0 aliphatic heterocycles. The van der Waals surface area contributed by atoms with Crippen LogP contribution in [-0.2, 0) is 6.54 Å². The number of H-pyrrole nitrogens is 1. The number of carbonyl (C=O) groups is 1. The molecule has 2 aromatic heterocycles. The number of carboxylic acid groups (broad SMARTS) is 1. The molecule has 1 amide bonds. The first-order valence-electron chi connectivity index (χ1n) is 10.1. The normalized spacial score (nSPS) is 10.5. The fraction of sp³-hybridized carbons (Fsp3) is 0.174. The second-order valence-electron chi connectivity index (χ2n) is 7.17. The zero-order valence-corrected chi connectivity index (χ0v) is 18.7. The van der Waals surface area contributed by atoms with Gasteiger partial charge in [-0.2, -0.15) is 14.9 Å². The number of fused-ring (bicyclic) bond motifs is 1. The number of anilines is 2. The van der Waals surface area contributed by atoms with Gasteiger partial charge in [0.1, 0.15) is 11.6 Å². The summed E-state index contributed by atoms with van der Waals surface area (Å²) in [5.74, 6) is 2.00. The molecule has 2 heterocycles. The molecule has 4 aromatic rings. The smallest absolute Gasteiger partial charge is 0.404 e. The fourth-order valence-corrected chi connectivity index (χ4v) is 3.57. The zero-order valence-electron chi connectivity index (χ0n) is 18.7. The number of amides is 1. The van der Waals surface area contributed by atoms with Crippen LogP contribution in [-0.4, -0.2) is 47.1 Å². The lowest BCUT2D eigenvalue weighted by molar-refractivity contribution is 0.194. The highest BCUT2D eigenvalue weighted by atomic mass is 16.5. The molecule has 0 bridgehead atoms. The quantitative estimate of drug-likeness (QED) is 0.310. The van der Waals surface area contributed by atoms with Crippen molar-refractivity contribution in [3.63, 3.8) is 0 Å². The van der Waals surface area contributed by atoms with E-state index in [-0.39, 0.29) is 6.54 Å². The van der Waals surface area contributed by atoms with Gasteiger partial charge >= 0.3 is 6.09 Å². The Labute approximate surface area is 194 Å². The number of methoxy groups -OCH3 is 3. The van der Waals surface area contributed by atoms with Crippen LogP contribution in [0.15, 0.2) is 42.6 Å². The third kappa shape index (κ3) is 4.12. The predicted molar refractivity (Wildman–Crippen MR) is 124 cm³/mol. The molecule has 4 N–H and O–H groups in total.